The molecule has 0 amide bonds. The molecular formula is C13H22ClN3O. The molecule has 0 aromatic carbocycles. The number of hydrogen-bond donors (Lipinski definition) is 2. The van der Waals surface area contributed by atoms with Crippen LogP contribution in [-0.2, 0) is 0 Å². The van der Waals surface area contributed by atoms with Gasteiger partial charge >= 0.3 is 0 Å². The molecule has 0 saturated heterocycles. The zero-order valence-electron chi connectivity index (χ0n) is 11.6. The highest BCUT2D eigenvalue weighted by Gasteiger charge is 2.08. The average Bonchev–Trinajstić information content (AvgIpc) is 2.45. The summed E-state index contributed by atoms with van der Waals surface area (Å²) in [6.07, 6.45) is 9.55. The van der Waals surface area contributed by atoms with Crippen LogP contribution in [0.1, 0.15) is 26.3 Å². The molecule has 0 spiro atoms. The van der Waals surface area contributed by atoms with Gasteiger partial charge < -0.3 is 15.9 Å². The Morgan fingerprint density at radius 2 is 1.83 bits per heavy atom. The minimum Gasteiger partial charge on any atom is -0.493 e. The van der Waals surface area contributed by atoms with E-state index in [1.54, 1.807) is 19.2 Å². The van der Waals surface area contributed by atoms with E-state index in [1.165, 1.54) is 14.2 Å². The Labute approximate surface area is 115 Å². The van der Waals surface area contributed by atoms with Crippen molar-refractivity contribution in [2.75, 3.05) is 14.2 Å². The van der Waals surface area contributed by atoms with Gasteiger partial charge in [0.15, 0.2) is 10.9 Å². The topological polar surface area (TPSA) is 72.0 Å². The van der Waals surface area contributed by atoms with Gasteiger partial charge in [0.2, 0.25) is 0 Å². The van der Waals surface area contributed by atoms with E-state index in [2.05, 4.69) is 23.6 Å². The predicted octanol–water partition coefficient (Wildman–Crippen LogP) is 2.98. The van der Waals surface area contributed by atoms with E-state index >= 15 is 0 Å². The van der Waals surface area contributed by atoms with Crippen LogP contribution in [0.25, 0.3) is 0 Å². The summed E-state index contributed by atoms with van der Waals surface area (Å²) in [6.45, 7) is 5.67. The first-order valence-corrected chi connectivity index (χ1v) is 5.69. The van der Waals surface area contributed by atoms with Gasteiger partial charge in [-0.05, 0) is 20.0 Å². The van der Waals surface area contributed by atoms with E-state index in [1.807, 2.05) is 13.8 Å². The Balaban J connectivity index is -0.000000328. The molecule has 0 atom stereocenters. The summed E-state index contributed by atoms with van der Waals surface area (Å²) in [5.41, 5.74) is 5.59. The molecule has 5 heteroatoms. The van der Waals surface area contributed by atoms with Gasteiger partial charge in [0.1, 0.15) is 0 Å². The first-order chi connectivity index (χ1) is 8.66. The molecule has 18 heavy (non-hydrogen) atoms. The van der Waals surface area contributed by atoms with Crippen molar-refractivity contribution in [2.24, 2.45) is 5.73 Å². The van der Waals surface area contributed by atoms with Crippen molar-refractivity contribution in [3.05, 3.63) is 23.0 Å². The summed E-state index contributed by atoms with van der Waals surface area (Å²) in [5.74, 6) is 0.465. The monoisotopic (exact) mass is 271 g/mol. The lowest BCUT2D eigenvalue weighted by atomic mass is 10.2. The molecule has 0 aliphatic carbocycles. The van der Waals surface area contributed by atoms with Gasteiger partial charge in [-0.1, -0.05) is 25.4 Å². The highest BCUT2D eigenvalue weighted by molar-refractivity contribution is 6.31. The van der Waals surface area contributed by atoms with Crippen molar-refractivity contribution in [2.45, 2.75) is 20.8 Å². The zero-order valence-corrected chi connectivity index (χ0v) is 12.4. The second-order valence-electron chi connectivity index (χ2n) is 2.31. The Hall–Kier alpha value is -1.57. The van der Waals surface area contributed by atoms with Gasteiger partial charge in [0, 0.05) is 17.5 Å². The van der Waals surface area contributed by atoms with Gasteiger partial charge in [0.05, 0.1) is 7.11 Å². The molecule has 0 unspecified atom stereocenters. The number of nitrogens with one attached hydrogen (secondary N) is 1. The second kappa shape index (κ2) is 15.4. The van der Waals surface area contributed by atoms with Gasteiger partial charge in [0.25, 0.3) is 0 Å². The van der Waals surface area contributed by atoms with E-state index in [0.717, 1.165) is 0 Å². The standard InChI is InChI=1S/C8H9ClN2O.C2H6.C2H2.CH5N/c1-5(10)6-3-4-11-8(9)7(6)12-2;3*1-2/h3-4,10H,1-2H3;1-2H3;1-2H;2H2,1H3. The lowest BCUT2D eigenvalue weighted by molar-refractivity contribution is 0.412. The molecule has 0 fully saturated rings. The number of methoxy groups -OCH3 is 1. The summed E-state index contributed by atoms with van der Waals surface area (Å²) in [7, 11) is 3.01. The van der Waals surface area contributed by atoms with Crippen molar-refractivity contribution in [1.29, 1.82) is 5.41 Å². The Kier molecular flexibility index (Phi) is 18.6. The number of hydrogen-bond acceptors (Lipinski definition) is 4. The molecule has 0 aliphatic rings. The van der Waals surface area contributed by atoms with E-state index in [9.17, 15) is 0 Å². The highest BCUT2D eigenvalue weighted by Crippen LogP contribution is 2.25. The quantitative estimate of drug-likeness (QED) is 0.493. The SMILES string of the molecule is C#C.CC.CN.COc1c(C(C)=N)ccnc1Cl. The average molecular weight is 272 g/mol. The minimum atomic E-state index is 0.293. The van der Waals surface area contributed by atoms with Crippen LogP contribution >= 0.6 is 11.6 Å². The maximum absolute atomic E-state index is 7.41. The second-order valence-corrected chi connectivity index (χ2v) is 2.67. The smallest absolute Gasteiger partial charge is 0.171 e. The highest BCUT2D eigenvalue weighted by atomic mass is 35.5. The molecule has 4 nitrogen and oxygen atoms in total. The fourth-order valence-electron chi connectivity index (χ4n) is 0.912. The maximum atomic E-state index is 7.41. The van der Waals surface area contributed by atoms with E-state index in [-0.39, 0.29) is 0 Å². The van der Waals surface area contributed by atoms with Crippen LogP contribution in [0.15, 0.2) is 12.3 Å². The number of nitrogens with two attached hydrogens (primary N) is 1. The van der Waals surface area contributed by atoms with Crippen molar-refractivity contribution in [3.8, 4) is 18.6 Å². The minimum absolute atomic E-state index is 0.293. The molecule has 0 radical (unpaired) electrons. The predicted molar refractivity (Wildman–Crippen MR) is 79.7 cm³/mol. The lowest BCUT2D eigenvalue weighted by Crippen LogP contribution is -1.98. The Bertz CT molecular complexity index is 351. The fraction of sp³-hybridized carbons (Fsp3) is 0.385. The number of rotatable bonds is 2. The number of ether oxygens (including phenoxy) is 1. The van der Waals surface area contributed by atoms with Gasteiger partial charge in [-0.15, -0.1) is 12.8 Å². The van der Waals surface area contributed by atoms with E-state index in [4.69, 9.17) is 21.7 Å². The number of nitrogens with zero attached hydrogens (tertiary/aromatic N) is 1. The van der Waals surface area contributed by atoms with Crippen LogP contribution in [0.3, 0.4) is 0 Å². The number of aromatic nitrogens is 1. The summed E-state index contributed by atoms with van der Waals surface area (Å²) >= 11 is 5.74. The number of pyridine rings is 1. The zero-order chi connectivity index (χ0) is 15.1. The van der Waals surface area contributed by atoms with Crippen molar-refractivity contribution in [3.63, 3.8) is 0 Å². The molecule has 1 aromatic rings. The van der Waals surface area contributed by atoms with Gasteiger partial charge in [-0.3, -0.25) is 0 Å². The molecule has 3 N–H and O–H groups in total. The van der Waals surface area contributed by atoms with E-state index < -0.39 is 0 Å². The molecule has 1 rings (SSSR count). The Morgan fingerprint density at radius 3 is 2.11 bits per heavy atom. The third kappa shape index (κ3) is 7.66. The molecule has 1 heterocycles. The van der Waals surface area contributed by atoms with Gasteiger partial charge in [-0.2, -0.15) is 0 Å². The third-order valence-corrected chi connectivity index (χ3v) is 1.74. The van der Waals surface area contributed by atoms with Crippen molar-refractivity contribution < 1.29 is 4.74 Å². The largest absolute Gasteiger partial charge is 0.493 e. The summed E-state index contributed by atoms with van der Waals surface area (Å²) in [4.78, 5) is 3.84. The summed E-state index contributed by atoms with van der Waals surface area (Å²) in [6, 6.07) is 1.70. The molecule has 0 saturated carbocycles. The summed E-state index contributed by atoms with van der Waals surface area (Å²) in [5, 5.41) is 7.70. The van der Waals surface area contributed by atoms with Gasteiger partial charge in [-0.25, -0.2) is 4.98 Å². The Morgan fingerprint density at radius 1 is 1.39 bits per heavy atom. The number of terminal acetylenes is 1. The van der Waals surface area contributed by atoms with Crippen LogP contribution < -0.4 is 10.5 Å². The normalized spacial score (nSPS) is 7.17. The van der Waals surface area contributed by atoms with Crippen LogP contribution in [0.5, 0.6) is 5.75 Å². The summed E-state index contributed by atoms with van der Waals surface area (Å²) < 4.78 is 5.00. The van der Waals surface area contributed by atoms with Crippen molar-refractivity contribution >= 4 is 17.3 Å². The van der Waals surface area contributed by atoms with Crippen molar-refractivity contribution in [1.82, 2.24) is 4.98 Å². The first kappa shape index (κ1) is 21.7. The third-order valence-electron chi connectivity index (χ3n) is 1.47. The lowest BCUT2D eigenvalue weighted by Gasteiger charge is -2.06. The number of halogens is 1. The van der Waals surface area contributed by atoms with Crippen LogP contribution in [0.2, 0.25) is 5.15 Å². The first-order valence-electron chi connectivity index (χ1n) is 5.32. The van der Waals surface area contributed by atoms with Crippen LogP contribution in [-0.4, -0.2) is 24.9 Å². The molecule has 102 valence electrons. The maximum Gasteiger partial charge on any atom is 0.171 e. The molecule has 0 aliphatic heterocycles. The van der Waals surface area contributed by atoms with E-state index in [0.29, 0.717) is 22.2 Å². The molecule has 1 aromatic heterocycles. The van der Waals surface area contributed by atoms with Crippen LogP contribution in [0.4, 0.5) is 0 Å². The fourth-order valence-corrected chi connectivity index (χ4v) is 1.15. The molecular weight excluding hydrogens is 250 g/mol. The molecule has 0 bridgehead atoms. The van der Waals surface area contributed by atoms with Crippen LogP contribution in [0, 0.1) is 18.3 Å².